The number of rotatable bonds is 0. The monoisotopic (exact) mass is 332 g/mol. The molecule has 0 saturated carbocycles. The minimum atomic E-state index is 0.640. The topological polar surface area (TPSA) is 0 Å². The Morgan fingerprint density at radius 1 is 1.12 bits per heavy atom. The highest BCUT2D eigenvalue weighted by Gasteiger charge is 2.29. The van der Waals surface area contributed by atoms with Crippen molar-refractivity contribution in [2.75, 3.05) is 0 Å². The van der Waals surface area contributed by atoms with Crippen molar-refractivity contribution in [3.05, 3.63) is 56.2 Å². The van der Waals surface area contributed by atoms with E-state index in [9.17, 15) is 0 Å². The van der Waals surface area contributed by atoms with Crippen LogP contribution in [0.15, 0.2) is 35.9 Å². The van der Waals surface area contributed by atoms with E-state index in [4.69, 9.17) is 0 Å². The van der Waals surface area contributed by atoms with Crippen LogP contribution in [-0.2, 0) is 6.42 Å². The molecule has 1 aromatic carbocycles. The van der Waals surface area contributed by atoms with Crippen LogP contribution in [0.1, 0.15) is 29.5 Å². The van der Waals surface area contributed by atoms with Crippen LogP contribution in [0.4, 0.5) is 0 Å². The maximum absolute atomic E-state index is 2.44. The van der Waals surface area contributed by atoms with Crippen LogP contribution in [0, 0.1) is 9.49 Å². The number of allylic oxidation sites excluding steroid dienone is 5. The standard InChI is InChI=1S/C16H13I/c17-14-8-12-6-4-10-2-1-3-11-5-7-13(9-14)16(12)15(10)11/h1-2,5,7-9,11H,3-4,6H2. The Kier molecular flexibility index (Phi) is 2.13. The van der Waals surface area contributed by atoms with E-state index < -0.39 is 0 Å². The van der Waals surface area contributed by atoms with Crippen molar-refractivity contribution in [1.82, 2.24) is 0 Å². The number of benzene rings is 1. The van der Waals surface area contributed by atoms with Crippen molar-refractivity contribution in [3.63, 3.8) is 0 Å². The molecule has 0 bridgehead atoms. The molecular weight excluding hydrogens is 319 g/mol. The van der Waals surface area contributed by atoms with Gasteiger partial charge >= 0.3 is 0 Å². The second-order valence-corrected chi connectivity index (χ2v) is 6.32. The zero-order valence-corrected chi connectivity index (χ0v) is 11.7. The fourth-order valence-corrected chi connectivity index (χ4v) is 4.09. The lowest BCUT2D eigenvalue weighted by molar-refractivity contribution is 0.794. The van der Waals surface area contributed by atoms with Crippen LogP contribution in [0.3, 0.4) is 0 Å². The number of hydrogen-bond acceptors (Lipinski definition) is 0. The van der Waals surface area contributed by atoms with Gasteiger partial charge in [0.2, 0.25) is 0 Å². The molecule has 0 heterocycles. The molecule has 0 amide bonds. The highest BCUT2D eigenvalue weighted by atomic mass is 127. The van der Waals surface area contributed by atoms with Crippen LogP contribution < -0.4 is 0 Å². The van der Waals surface area contributed by atoms with E-state index in [0.717, 1.165) is 0 Å². The van der Waals surface area contributed by atoms with Gasteiger partial charge in [0, 0.05) is 9.49 Å². The molecule has 0 fully saturated rings. The van der Waals surface area contributed by atoms with Crippen LogP contribution in [0.2, 0.25) is 0 Å². The summed E-state index contributed by atoms with van der Waals surface area (Å²) >= 11 is 2.44. The van der Waals surface area contributed by atoms with Gasteiger partial charge < -0.3 is 0 Å². The summed E-state index contributed by atoms with van der Waals surface area (Å²) in [6, 6.07) is 4.69. The zero-order chi connectivity index (χ0) is 11.4. The molecule has 1 aromatic rings. The normalized spacial score (nSPS) is 23.9. The van der Waals surface area contributed by atoms with Gasteiger partial charge in [0.1, 0.15) is 0 Å². The van der Waals surface area contributed by atoms with E-state index in [0.29, 0.717) is 5.92 Å². The van der Waals surface area contributed by atoms with Gasteiger partial charge in [-0.05, 0) is 81.8 Å². The minimum absolute atomic E-state index is 0.640. The van der Waals surface area contributed by atoms with Crippen molar-refractivity contribution in [1.29, 1.82) is 0 Å². The van der Waals surface area contributed by atoms with Gasteiger partial charge in [-0.3, -0.25) is 0 Å². The first-order chi connectivity index (χ1) is 8.33. The fourth-order valence-electron chi connectivity index (χ4n) is 3.37. The third kappa shape index (κ3) is 1.41. The van der Waals surface area contributed by atoms with E-state index in [1.54, 1.807) is 22.3 Å². The average Bonchev–Trinajstić information content (AvgIpc) is 2.35. The lowest BCUT2D eigenvalue weighted by atomic mass is 9.71. The lowest BCUT2D eigenvalue weighted by Crippen LogP contribution is -2.17. The molecule has 0 radical (unpaired) electrons. The van der Waals surface area contributed by atoms with Gasteiger partial charge in [-0.2, -0.15) is 0 Å². The summed E-state index contributed by atoms with van der Waals surface area (Å²) in [5.74, 6) is 0.640. The van der Waals surface area contributed by atoms with Gasteiger partial charge in [0.25, 0.3) is 0 Å². The summed E-state index contributed by atoms with van der Waals surface area (Å²) in [5, 5.41) is 0. The quantitative estimate of drug-likeness (QED) is 0.610. The van der Waals surface area contributed by atoms with Crippen molar-refractivity contribution in [3.8, 4) is 0 Å². The third-order valence-electron chi connectivity index (χ3n) is 4.08. The predicted octanol–water partition coefficient (Wildman–Crippen LogP) is 4.59. The first-order valence-corrected chi connectivity index (χ1v) is 7.31. The molecule has 3 aliphatic carbocycles. The van der Waals surface area contributed by atoms with Gasteiger partial charge in [-0.25, -0.2) is 0 Å². The highest BCUT2D eigenvalue weighted by Crippen LogP contribution is 2.46. The van der Waals surface area contributed by atoms with Crippen molar-refractivity contribution < 1.29 is 0 Å². The number of halogens is 1. The highest BCUT2D eigenvalue weighted by molar-refractivity contribution is 14.1. The summed E-state index contributed by atoms with van der Waals surface area (Å²) < 4.78 is 1.37. The molecule has 84 valence electrons. The Labute approximate surface area is 115 Å². The molecule has 4 rings (SSSR count). The summed E-state index contributed by atoms with van der Waals surface area (Å²) in [7, 11) is 0. The van der Waals surface area contributed by atoms with Gasteiger partial charge in [0.15, 0.2) is 0 Å². The molecule has 1 unspecified atom stereocenters. The smallest absolute Gasteiger partial charge is 0.0139 e. The Bertz CT molecular complexity index is 602. The predicted molar refractivity (Wildman–Crippen MR) is 80.7 cm³/mol. The first-order valence-electron chi connectivity index (χ1n) is 6.23. The Morgan fingerprint density at radius 3 is 3.00 bits per heavy atom. The molecule has 0 N–H and O–H groups in total. The van der Waals surface area contributed by atoms with Crippen LogP contribution in [0.25, 0.3) is 11.6 Å². The van der Waals surface area contributed by atoms with Crippen LogP contribution >= 0.6 is 22.6 Å². The van der Waals surface area contributed by atoms with Crippen molar-refractivity contribution >= 4 is 34.2 Å². The number of aryl methyl sites for hydroxylation is 1. The Balaban J connectivity index is 2.08. The maximum atomic E-state index is 2.44. The van der Waals surface area contributed by atoms with Gasteiger partial charge in [-0.1, -0.05) is 24.3 Å². The molecule has 1 heteroatoms. The Hall–Kier alpha value is -0.830. The molecule has 0 aromatic heterocycles. The minimum Gasteiger partial charge on any atom is -0.0833 e. The average molecular weight is 332 g/mol. The zero-order valence-electron chi connectivity index (χ0n) is 9.54. The van der Waals surface area contributed by atoms with E-state index in [2.05, 4.69) is 59.0 Å². The lowest BCUT2D eigenvalue weighted by Gasteiger charge is -2.33. The molecule has 0 aliphatic heterocycles. The fraction of sp³-hybridized carbons (Fsp3) is 0.250. The second-order valence-electron chi connectivity index (χ2n) is 5.07. The maximum Gasteiger partial charge on any atom is 0.0139 e. The van der Waals surface area contributed by atoms with E-state index in [1.807, 2.05) is 0 Å². The molecular formula is C16H13I. The van der Waals surface area contributed by atoms with Gasteiger partial charge in [-0.15, -0.1) is 0 Å². The Morgan fingerprint density at radius 2 is 2.06 bits per heavy atom. The van der Waals surface area contributed by atoms with E-state index in [1.165, 1.54) is 28.4 Å². The largest absolute Gasteiger partial charge is 0.0833 e. The molecule has 0 spiro atoms. The summed E-state index contributed by atoms with van der Waals surface area (Å²) in [6.07, 6.45) is 13.0. The summed E-state index contributed by atoms with van der Waals surface area (Å²) in [6.45, 7) is 0. The first kappa shape index (κ1) is 10.1. The van der Waals surface area contributed by atoms with E-state index >= 15 is 0 Å². The molecule has 0 nitrogen and oxygen atoms in total. The second kappa shape index (κ2) is 3.58. The summed E-state index contributed by atoms with van der Waals surface area (Å²) in [5.41, 5.74) is 7.77. The van der Waals surface area contributed by atoms with Gasteiger partial charge in [0.05, 0.1) is 0 Å². The van der Waals surface area contributed by atoms with E-state index in [-0.39, 0.29) is 0 Å². The molecule has 1 atom stereocenters. The van der Waals surface area contributed by atoms with Crippen LogP contribution in [0.5, 0.6) is 0 Å². The van der Waals surface area contributed by atoms with Crippen molar-refractivity contribution in [2.24, 2.45) is 5.92 Å². The summed E-state index contributed by atoms with van der Waals surface area (Å²) in [4.78, 5) is 0. The number of hydrogen-bond donors (Lipinski definition) is 0. The SMILES string of the molecule is Ic1cc2c3c(c1)CCC1=C3C(C=C2)CC=C1. The molecule has 17 heavy (non-hydrogen) atoms. The molecule has 3 aliphatic rings. The van der Waals surface area contributed by atoms with Crippen molar-refractivity contribution in [2.45, 2.75) is 19.3 Å². The molecule has 0 saturated heterocycles. The third-order valence-corrected chi connectivity index (χ3v) is 4.71. The van der Waals surface area contributed by atoms with Crippen LogP contribution in [-0.4, -0.2) is 0 Å².